The monoisotopic (exact) mass is 397 g/mol. The van der Waals surface area contributed by atoms with Gasteiger partial charge in [0.1, 0.15) is 0 Å². The van der Waals surface area contributed by atoms with E-state index < -0.39 is 0 Å². The summed E-state index contributed by atoms with van der Waals surface area (Å²) in [5.41, 5.74) is 6.37. The predicted octanol–water partition coefficient (Wildman–Crippen LogP) is 7.82. The van der Waals surface area contributed by atoms with Gasteiger partial charge in [-0.15, -0.1) is 22.7 Å². The van der Waals surface area contributed by atoms with Crippen LogP contribution < -0.4 is 0 Å². The lowest BCUT2D eigenvalue weighted by Gasteiger charge is -2.03. The second-order valence-corrected chi connectivity index (χ2v) is 9.98. The molecule has 0 aliphatic carbocycles. The Hall–Kier alpha value is -1.81. The van der Waals surface area contributed by atoms with E-state index in [9.17, 15) is 0 Å². The summed E-state index contributed by atoms with van der Waals surface area (Å²) in [6, 6.07) is 12.6. The Balaban J connectivity index is 1.95. The van der Waals surface area contributed by atoms with E-state index in [2.05, 4.69) is 68.9 Å². The third-order valence-electron chi connectivity index (χ3n) is 4.61. The average Bonchev–Trinajstić information content (AvgIpc) is 3.25. The van der Waals surface area contributed by atoms with Crippen molar-refractivity contribution in [2.75, 3.05) is 0 Å². The minimum atomic E-state index is 0.759. The Morgan fingerprint density at radius 2 is 1.15 bits per heavy atom. The van der Waals surface area contributed by atoms with Crippen LogP contribution in [0.3, 0.4) is 0 Å². The van der Waals surface area contributed by atoms with Crippen molar-refractivity contribution in [3.05, 3.63) is 73.3 Å². The highest BCUT2D eigenvalue weighted by Gasteiger charge is 2.18. The molecule has 0 saturated carbocycles. The van der Waals surface area contributed by atoms with Crippen molar-refractivity contribution in [1.29, 1.82) is 0 Å². The first-order valence-corrected chi connectivity index (χ1v) is 10.6. The lowest BCUT2D eigenvalue weighted by molar-refractivity contribution is 1.08. The zero-order valence-electron chi connectivity index (χ0n) is 15.3. The van der Waals surface area contributed by atoms with Crippen LogP contribution in [-0.2, 0) is 0 Å². The molecule has 132 valence electrons. The highest BCUT2D eigenvalue weighted by Crippen LogP contribution is 2.41. The van der Waals surface area contributed by atoms with Crippen LogP contribution in [-0.4, -0.2) is 4.57 Å². The van der Waals surface area contributed by atoms with Gasteiger partial charge in [0, 0.05) is 53.7 Å². The van der Waals surface area contributed by atoms with E-state index in [1.54, 1.807) is 0 Å². The smallest absolute Gasteiger partial charge is 0.0450 e. The van der Waals surface area contributed by atoms with Crippen LogP contribution in [0.1, 0.15) is 19.5 Å². The zero-order chi connectivity index (χ0) is 18.4. The number of thiophene rings is 2. The SMILES string of the molecule is Cc1cc(-c2cn(-c3ccc(Cl)cc3)cc2-c2cc(C)sc2C)c(C)s1. The first kappa shape index (κ1) is 17.6. The summed E-state index contributed by atoms with van der Waals surface area (Å²) in [6.07, 6.45) is 4.50. The molecule has 0 bridgehead atoms. The molecular weight excluding hydrogens is 378 g/mol. The highest BCUT2D eigenvalue weighted by atomic mass is 35.5. The van der Waals surface area contributed by atoms with E-state index in [0.717, 1.165) is 10.7 Å². The number of nitrogens with zero attached hydrogens (tertiary/aromatic N) is 1. The van der Waals surface area contributed by atoms with E-state index in [1.165, 1.54) is 41.8 Å². The molecule has 0 aliphatic rings. The topological polar surface area (TPSA) is 4.93 Å². The molecule has 1 aromatic carbocycles. The van der Waals surface area contributed by atoms with Crippen LogP contribution in [0.2, 0.25) is 5.02 Å². The van der Waals surface area contributed by atoms with Gasteiger partial charge < -0.3 is 4.57 Å². The molecule has 4 aromatic rings. The molecule has 1 nitrogen and oxygen atoms in total. The molecule has 0 saturated heterocycles. The van der Waals surface area contributed by atoms with Crippen LogP contribution in [0, 0.1) is 27.7 Å². The summed E-state index contributed by atoms with van der Waals surface area (Å²) in [7, 11) is 0. The Labute approximate surface area is 167 Å². The molecular formula is C22H20ClNS2. The molecule has 0 aliphatic heterocycles. The van der Waals surface area contributed by atoms with E-state index in [4.69, 9.17) is 11.6 Å². The number of hydrogen-bond acceptors (Lipinski definition) is 2. The van der Waals surface area contributed by atoms with Crippen molar-refractivity contribution >= 4 is 34.3 Å². The van der Waals surface area contributed by atoms with E-state index in [0.29, 0.717) is 0 Å². The van der Waals surface area contributed by atoms with Gasteiger partial charge >= 0.3 is 0 Å². The van der Waals surface area contributed by atoms with Gasteiger partial charge in [0.15, 0.2) is 0 Å². The van der Waals surface area contributed by atoms with Crippen molar-refractivity contribution < 1.29 is 0 Å². The second kappa shape index (κ2) is 6.73. The molecule has 0 atom stereocenters. The van der Waals surface area contributed by atoms with Gasteiger partial charge in [0.25, 0.3) is 0 Å². The van der Waals surface area contributed by atoms with Crippen LogP contribution in [0.25, 0.3) is 27.9 Å². The third-order valence-corrected chi connectivity index (χ3v) is 6.80. The first-order valence-electron chi connectivity index (χ1n) is 8.55. The van der Waals surface area contributed by atoms with Gasteiger partial charge in [-0.2, -0.15) is 0 Å². The molecule has 0 fully saturated rings. The molecule has 3 heterocycles. The second-order valence-electron chi connectivity index (χ2n) is 6.62. The summed E-state index contributed by atoms with van der Waals surface area (Å²) in [5, 5.41) is 0.759. The molecule has 4 heteroatoms. The Morgan fingerprint density at radius 3 is 1.54 bits per heavy atom. The number of rotatable bonds is 3. The summed E-state index contributed by atoms with van der Waals surface area (Å²) in [5.74, 6) is 0. The van der Waals surface area contributed by atoms with Gasteiger partial charge in [-0.3, -0.25) is 0 Å². The molecule has 4 rings (SSSR count). The van der Waals surface area contributed by atoms with Crippen molar-refractivity contribution in [3.8, 4) is 27.9 Å². The third kappa shape index (κ3) is 3.16. The van der Waals surface area contributed by atoms with Crippen LogP contribution in [0.15, 0.2) is 48.8 Å². The molecule has 0 N–H and O–H groups in total. The molecule has 0 radical (unpaired) electrons. The Bertz CT molecular complexity index is 1020. The quantitative estimate of drug-likeness (QED) is 0.332. The largest absolute Gasteiger partial charge is 0.323 e. The van der Waals surface area contributed by atoms with Gasteiger partial charge in [-0.05, 0) is 75.2 Å². The molecule has 3 aromatic heterocycles. The van der Waals surface area contributed by atoms with E-state index in [-0.39, 0.29) is 0 Å². The maximum absolute atomic E-state index is 6.07. The summed E-state index contributed by atoms with van der Waals surface area (Å²) < 4.78 is 2.21. The minimum absolute atomic E-state index is 0.759. The predicted molar refractivity (Wildman–Crippen MR) is 116 cm³/mol. The maximum atomic E-state index is 6.07. The molecule has 0 unspecified atom stereocenters. The fourth-order valence-corrected chi connectivity index (χ4v) is 5.45. The number of aryl methyl sites for hydroxylation is 4. The Kier molecular flexibility index (Phi) is 4.55. The molecule has 0 spiro atoms. The number of benzene rings is 1. The van der Waals surface area contributed by atoms with Gasteiger partial charge in [0.2, 0.25) is 0 Å². The van der Waals surface area contributed by atoms with Crippen LogP contribution >= 0.6 is 34.3 Å². The Morgan fingerprint density at radius 1 is 0.692 bits per heavy atom. The lowest BCUT2D eigenvalue weighted by atomic mass is 10.00. The van der Waals surface area contributed by atoms with Crippen LogP contribution in [0.5, 0.6) is 0 Å². The van der Waals surface area contributed by atoms with Crippen molar-refractivity contribution in [2.45, 2.75) is 27.7 Å². The van der Waals surface area contributed by atoms with Crippen molar-refractivity contribution in [3.63, 3.8) is 0 Å². The number of hydrogen-bond donors (Lipinski definition) is 0. The summed E-state index contributed by atoms with van der Waals surface area (Å²) >= 11 is 9.79. The van der Waals surface area contributed by atoms with Gasteiger partial charge in [-0.25, -0.2) is 0 Å². The fraction of sp³-hybridized carbons (Fsp3) is 0.182. The van der Waals surface area contributed by atoms with E-state index >= 15 is 0 Å². The normalized spacial score (nSPS) is 11.3. The molecule has 0 amide bonds. The minimum Gasteiger partial charge on any atom is -0.323 e. The number of halogens is 1. The summed E-state index contributed by atoms with van der Waals surface area (Å²) in [4.78, 5) is 5.42. The van der Waals surface area contributed by atoms with Crippen molar-refractivity contribution in [2.24, 2.45) is 0 Å². The van der Waals surface area contributed by atoms with Gasteiger partial charge in [-0.1, -0.05) is 11.6 Å². The number of aromatic nitrogens is 1. The van der Waals surface area contributed by atoms with Crippen LogP contribution in [0.4, 0.5) is 0 Å². The van der Waals surface area contributed by atoms with E-state index in [1.807, 2.05) is 34.8 Å². The maximum Gasteiger partial charge on any atom is 0.0450 e. The standard InChI is InChI=1S/C22H20ClNS2/c1-13-9-19(15(3)25-13)21-11-24(18-7-5-17(23)6-8-18)12-22(21)20-10-14(2)26-16(20)4/h5-12H,1-4H3. The lowest BCUT2D eigenvalue weighted by Crippen LogP contribution is -1.88. The average molecular weight is 398 g/mol. The zero-order valence-corrected chi connectivity index (χ0v) is 17.6. The highest BCUT2D eigenvalue weighted by molar-refractivity contribution is 7.12. The first-order chi connectivity index (χ1) is 12.4. The van der Waals surface area contributed by atoms with Crippen molar-refractivity contribution in [1.82, 2.24) is 4.57 Å². The fourth-order valence-electron chi connectivity index (χ4n) is 3.44. The van der Waals surface area contributed by atoms with Gasteiger partial charge in [0.05, 0.1) is 0 Å². The molecule has 26 heavy (non-hydrogen) atoms. The summed E-state index contributed by atoms with van der Waals surface area (Å²) in [6.45, 7) is 8.78.